The van der Waals surface area contributed by atoms with Crippen LogP contribution in [-0.2, 0) is 14.3 Å². The number of nitrogens with one attached hydrogen (secondary N) is 1. The van der Waals surface area contributed by atoms with Crippen LogP contribution < -0.4 is 5.32 Å². The minimum Gasteiger partial charge on any atom is -0.465 e. The molecular weight excluding hydrogens is 346 g/mol. The standard InChI is InChI=1S/C16H19N3O3S2/c1-4-22-13(20)9-23-11(3)14(21)17-16-19-18-15(24-16)12-7-5-6-10(2)8-12/h5-8,11H,4,9H2,1-3H3,(H,17,19,21)/t11-/m0/s1. The minimum atomic E-state index is -0.388. The molecule has 1 N–H and O–H groups in total. The van der Waals surface area contributed by atoms with Gasteiger partial charge in [0.25, 0.3) is 0 Å². The molecular formula is C16H19N3O3S2. The van der Waals surface area contributed by atoms with Crippen LogP contribution in [0, 0.1) is 6.92 Å². The van der Waals surface area contributed by atoms with Gasteiger partial charge in [0.1, 0.15) is 5.01 Å². The number of esters is 1. The Morgan fingerprint density at radius 1 is 1.38 bits per heavy atom. The molecule has 0 saturated carbocycles. The molecule has 0 aliphatic carbocycles. The Morgan fingerprint density at radius 2 is 2.17 bits per heavy atom. The highest BCUT2D eigenvalue weighted by Gasteiger charge is 2.18. The van der Waals surface area contributed by atoms with Gasteiger partial charge in [-0.25, -0.2) is 0 Å². The third-order valence-corrected chi connectivity index (χ3v) is 5.05. The first kappa shape index (κ1) is 18.4. The molecule has 0 saturated heterocycles. The lowest BCUT2D eigenvalue weighted by atomic mass is 10.1. The maximum Gasteiger partial charge on any atom is 0.315 e. The topological polar surface area (TPSA) is 81.2 Å². The molecule has 0 radical (unpaired) electrons. The van der Waals surface area contributed by atoms with Gasteiger partial charge in [-0.2, -0.15) is 0 Å². The Bertz CT molecular complexity index is 718. The number of hydrogen-bond acceptors (Lipinski definition) is 7. The van der Waals surface area contributed by atoms with Crippen molar-refractivity contribution in [1.82, 2.24) is 10.2 Å². The van der Waals surface area contributed by atoms with Crippen LogP contribution in [0.1, 0.15) is 19.4 Å². The van der Waals surface area contributed by atoms with Crippen molar-refractivity contribution < 1.29 is 14.3 Å². The smallest absolute Gasteiger partial charge is 0.315 e. The van der Waals surface area contributed by atoms with E-state index in [0.717, 1.165) is 16.1 Å². The molecule has 1 aromatic carbocycles. The summed E-state index contributed by atoms with van der Waals surface area (Å²) in [6.07, 6.45) is 0. The number of amides is 1. The Hall–Kier alpha value is -1.93. The molecule has 0 bridgehead atoms. The summed E-state index contributed by atoms with van der Waals surface area (Å²) in [5.41, 5.74) is 2.11. The number of aromatic nitrogens is 2. The normalized spacial score (nSPS) is 11.8. The van der Waals surface area contributed by atoms with Gasteiger partial charge < -0.3 is 4.74 Å². The molecule has 0 fully saturated rings. The SMILES string of the molecule is CCOC(=O)CS[C@@H](C)C(=O)Nc1nnc(-c2cccc(C)c2)s1. The number of carbonyl (C=O) groups excluding carboxylic acids is 2. The fourth-order valence-electron chi connectivity index (χ4n) is 1.85. The highest BCUT2D eigenvalue weighted by atomic mass is 32.2. The number of aryl methyl sites for hydroxylation is 1. The van der Waals surface area contributed by atoms with E-state index < -0.39 is 0 Å². The number of thioether (sulfide) groups is 1. The second-order valence-corrected chi connectivity index (χ2v) is 7.34. The van der Waals surface area contributed by atoms with E-state index in [1.54, 1.807) is 13.8 Å². The van der Waals surface area contributed by atoms with Crippen molar-refractivity contribution >= 4 is 40.1 Å². The number of carbonyl (C=O) groups is 2. The molecule has 1 atom stereocenters. The number of nitrogens with zero attached hydrogens (tertiary/aromatic N) is 2. The number of hydrogen-bond donors (Lipinski definition) is 1. The lowest BCUT2D eigenvalue weighted by molar-refractivity contribution is -0.139. The van der Waals surface area contributed by atoms with Gasteiger partial charge in [-0.15, -0.1) is 22.0 Å². The lowest BCUT2D eigenvalue weighted by Crippen LogP contribution is -2.24. The van der Waals surface area contributed by atoms with E-state index in [4.69, 9.17) is 4.74 Å². The number of anilines is 1. The van der Waals surface area contributed by atoms with Crippen LogP contribution in [0.4, 0.5) is 5.13 Å². The van der Waals surface area contributed by atoms with Crippen LogP contribution in [0.3, 0.4) is 0 Å². The Morgan fingerprint density at radius 3 is 2.88 bits per heavy atom. The third-order valence-electron chi connectivity index (χ3n) is 3.05. The average molecular weight is 365 g/mol. The van der Waals surface area contributed by atoms with E-state index in [0.29, 0.717) is 11.7 Å². The van der Waals surface area contributed by atoms with Crippen molar-refractivity contribution in [3.05, 3.63) is 29.8 Å². The van der Waals surface area contributed by atoms with Crippen molar-refractivity contribution in [2.45, 2.75) is 26.0 Å². The van der Waals surface area contributed by atoms with E-state index >= 15 is 0 Å². The minimum absolute atomic E-state index is 0.146. The highest BCUT2D eigenvalue weighted by molar-refractivity contribution is 8.01. The molecule has 1 heterocycles. The van der Waals surface area contributed by atoms with Gasteiger partial charge in [0.15, 0.2) is 0 Å². The summed E-state index contributed by atoms with van der Waals surface area (Å²) in [4.78, 5) is 23.5. The first-order valence-corrected chi connectivity index (χ1v) is 9.34. The average Bonchev–Trinajstić information content (AvgIpc) is 3.01. The van der Waals surface area contributed by atoms with Crippen LogP contribution in [0.25, 0.3) is 10.6 Å². The maximum absolute atomic E-state index is 12.1. The molecule has 8 heteroatoms. The number of ether oxygens (including phenoxy) is 1. The van der Waals surface area contributed by atoms with Crippen LogP contribution in [-0.4, -0.2) is 39.7 Å². The second kappa shape index (κ2) is 8.79. The summed E-state index contributed by atoms with van der Waals surface area (Å²) in [6, 6.07) is 7.94. The maximum atomic E-state index is 12.1. The molecule has 0 aliphatic heterocycles. The zero-order valence-electron chi connectivity index (χ0n) is 13.7. The van der Waals surface area contributed by atoms with E-state index in [2.05, 4.69) is 15.5 Å². The molecule has 1 amide bonds. The van der Waals surface area contributed by atoms with Crippen LogP contribution in [0.2, 0.25) is 0 Å². The Balaban J connectivity index is 1.91. The number of rotatable bonds is 7. The summed E-state index contributed by atoms with van der Waals surface area (Å²) >= 11 is 2.54. The summed E-state index contributed by atoms with van der Waals surface area (Å²) in [7, 11) is 0. The molecule has 2 rings (SSSR count). The second-order valence-electron chi connectivity index (χ2n) is 5.03. The van der Waals surface area contributed by atoms with Crippen molar-refractivity contribution in [3.8, 4) is 10.6 Å². The van der Waals surface area contributed by atoms with Crippen molar-refractivity contribution in [2.75, 3.05) is 17.7 Å². The van der Waals surface area contributed by atoms with Gasteiger partial charge in [-0.05, 0) is 26.8 Å². The van der Waals surface area contributed by atoms with Crippen LogP contribution >= 0.6 is 23.1 Å². The lowest BCUT2D eigenvalue weighted by Gasteiger charge is -2.09. The van der Waals surface area contributed by atoms with Crippen molar-refractivity contribution in [3.63, 3.8) is 0 Å². The molecule has 128 valence electrons. The first-order valence-electron chi connectivity index (χ1n) is 7.48. The summed E-state index contributed by atoms with van der Waals surface area (Å²) < 4.78 is 4.84. The zero-order chi connectivity index (χ0) is 17.5. The molecule has 0 aliphatic rings. The Kier molecular flexibility index (Phi) is 6.74. The predicted molar refractivity (Wildman–Crippen MR) is 97.3 cm³/mol. The largest absolute Gasteiger partial charge is 0.465 e. The van der Waals surface area contributed by atoms with Gasteiger partial charge >= 0.3 is 5.97 Å². The van der Waals surface area contributed by atoms with Gasteiger partial charge in [0.2, 0.25) is 11.0 Å². The van der Waals surface area contributed by atoms with E-state index in [1.165, 1.54) is 23.1 Å². The quantitative estimate of drug-likeness (QED) is 0.759. The van der Waals surface area contributed by atoms with E-state index in [1.807, 2.05) is 31.2 Å². The van der Waals surface area contributed by atoms with Gasteiger partial charge in [0, 0.05) is 5.56 Å². The molecule has 6 nitrogen and oxygen atoms in total. The molecule has 2 aromatic rings. The van der Waals surface area contributed by atoms with E-state index in [-0.39, 0.29) is 22.9 Å². The summed E-state index contributed by atoms with van der Waals surface area (Å²) in [6.45, 7) is 5.84. The zero-order valence-corrected chi connectivity index (χ0v) is 15.4. The fourth-order valence-corrected chi connectivity index (χ4v) is 3.27. The monoisotopic (exact) mass is 365 g/mol. The molecule has 1 aromatic heterocycles. The first-order chi connectivity index (χ1) is 11.5. The fraction of sp³-hybridized carbons (Fsp3) is 0.375. The van der Waals surface area contributed by atoms with E-state index in [9.17, 15) is 9.59 Å². The predicted octanol–water partition coefficient (Wildman–Crippen LogP) is 3.14. The van der Waals surface area contributed by atoms with Crippen LogP contribution in [0.5, 0.6) is 0 Å². The van der Waals surface area contributed by atoms with Crippen molar-refractivity contribution in [1.29, 1.82) is 0 Å². The van der Waals surface area contributed by atoms with Gasteiger partial charge in [0.05, 0.1) is 17.6 Å². The molecule has 0 spiro atoms. The Labute approximate surface area is 149 Å². The van der Waals surface area contributed by atoms with Gasteiger partial charge in [-0.1, -0.05) is 35.1 Å². The van der Waals surface area contributed by atoms with Crippen LogP contribution in [0.15, 0.2) is 24.3 Å². The third kappa shape index (κ3) is 5.31. The summed E-state index contributed by atoms with van der Waals surface area (Å²) in [5, 5.41) is 11.7. The molecule has 0 unspecified atom stereocenters. The highest BCUT2D eigenvalue weighted by Crippen LogP contribution is 2.27. The number of benzene rings is 1. The molecule has 24 heavy (non-hydrogen) atoms. The van der Waals surface area contributed by atoms with Crippen molar-refractivity contribution in [2.24, 2.45) is 0 Å². The van der Waals surface area contributed by atoms with Gasteiger partial charge in [-0.3, -0.25) is 14.9 Å². The summed E-state index contributed by atoms with van der Waals surface area (Å²) in [5.74, 6) is -0.386.